The quantitative estimate of drug-likeness (QED) is 0.741. The monoisotopic (exact) mass is 266 g/mol. The molecular formula is C14H17FNO3-. The lowest BCUT2D eigenvalue weighted by atomic mass is 10.1. The zero-order valence-electron chi connectivity index (χ0n) is 10.6. The number of carbonyl (C=O) groups excluding carboxylic acids is 1. The van der Waals surface area contributed by atoms with Gasteiger partial charge in [-0.2, -0.15) is 0 Å². The number of ether oxygens (including phenoxy) is 1. The molecule has 0 saturated heterocycles. The summed E-state index contributed by atoms with van der Waals surface area (Å²) < 4.78 is 19.0. The van der Waals surface area contributed by atoms with E-state index in [4.69, 9.17) is 10.5 Å². The van der Waals surface area contributed by atoms with E-state index in [1.54, 1.807) is 12.1 Å². The van der Waals surface area contributed by atoms with Gasteiger partial charge in [0.25, 0.3) is 0 Å². The van der Waals surface area contributed by atoms with Crippen LogP contribution in [0.1, 0.15) is 30.7 Å². The van der Waals surface area contributed by atoms with E-state index in [9.17, 15) is 14.3 Å². The van der Waals surface area contributed by atoms with Gasteiger partial charge in [0.1, 0.15) is 0 Å². The number of hydrogen-bond acceptors (Lipinski definition) is 4. The molecule has 0 amide bonds. The minimum absolute atomic E-state index is 0.0427. The van der Waals surface area contributed by atoms with Gasteiger partial charge in [-0.25, -0.2) is 4.39 Å². The number of carbonyl (C=O) groups is 1. The highest BCUT2D eigenvalue weighted by molar-refractivity contribution is 5.65. The molecule has 1 aromatic carbocycles. The molecule has 0 heterocycles. The van der Waals surface area contributed by atoms with Crippen molar-refractivity contribution < 1.29 is 19.0 Å². The van der Waals surface area contributed by atoms with Crippen LogP contribution in [0.4, 0.5) is 4.39 Å². The molecule has 1 aromatic rings. The maximum atomic E-state index is 13.8. The Kier molecular flexibility index (Phi) is 4.37. The topological polar surface area (TPSA) is 75.4 Å². The Morgan fingerprint density at radius 3 is 2.95 bits per heavy atom. The summed E-state index contributed by atoms with van der Waals surface area (Å²) in [5.74, 6) is -1.03. The number of carboxylic acid groups (broad SMARTS) is 1. The zero-order valence-corrected chi connectivity index (χ0v) is 10.6. The van der Waals surface area contributed by atoms with Crippen molar-refractivity contribution in [3.8, 4) is 5.75 Å². The number of nitrogens with two attached hydrogens (primary N) is 1. The molecule has 19 heavy (non-hydrogen) atoms. The van der Waals surface area contributed by atoms with E-state index in [1.807, 2.05) is 0 Å². The molecule has 0 spiro atoms. The molecule has 5 heteroatoms. The van der Waals surface area contributed by atoms with Gasteiger partial charge in [0.05, 0.1) is 6.61 Å². The summed E-state index contributed by atoms with van der Waals surface area (Å²) in [6.45, 7) is 0.899. The average Bonchev–Trinajstić information content (AvgIpc) is 3.09. The molecule has 1 fully saturated rings. The molecule has 104 valence electrons. The van der Waals surface area contributed by atoms with Gasteiger partial charge in [0, 0.05) is 5.97 Å². The van der Waals surface area contributed by atoms with Crippen molar-refractivity contribution >= 4 is 5.97 Å². The molecule has 0 aromatic heterocycles. The number of aliphatic carboxylic acids is 1. The number of halogens is 1. The van der Waals surface area contributed by atoms with Crippen LogP contribution in [0.5, 0.6) is 5.75 Å². The summed E-state index contributed by atoms with van der Waals surface area (Å²) in [5, 5.41) is 10.5. The molecule has 1 aliphatic carbocycles. The van der Waals surface area contributed by atoms with E-state index in [-0.39, 0.29) is 24.0 Å². The molecule has 4 nitrogen and oxygen atoms in total. The van der Waals surface area contributed by atoms with Crippen LogP contribution in [0.3, 0.4) is 0 Å². The fraction of sp³-hybridized carbons (Fsp3) is 0.500. The molecule has 0 radical (unpaired) electrons. The standard InChI is InChI=1S/C14H18FNO3/c15-12-7-9(11-6-10(11)8-14(17)18)2-3-13(12)19-5-1-4-16/h2-3,7,10-11H,1,4-6,8,16H2,(H,17,18)/p-1. The summed E-state index contributed by atoms with van der Waals surface area (Å²) in [5.41, 5.74) is 6.16. The summed E-state index contributed by atoms with van der Waals surface area (Å²) in [7, 11) is 0. The minimum Gasteiger partial charge on any atom is -0.550 e. The normalized spacial score (nSPS) is 21.2. The van der Waals surface area contributed by atoms with Gasteiger partial charge >= 0.3 is 0 Å². The highest BCUT2D eigenvalue weighted by Gasteiger charge is 2.38. The van der Waals surface area contributed by atoms with Gasteiger partial charge in [-0.3, -0.25) is 0 Å². The van der Waals surface area contributed by atoms with Gasteiger partial charge in [-0.1, -0.05) is 6.07 Å². The zero-order chi connectivity index (χ0) is 13.8. The van der Waals surface area contributed by atoms with Crippen LogP contribution in [-0.2, 0) is 4.79 Å². The number of carboxylic acids is 1. The summed E-state index contributed by atoms with van der Waals surface area (Å²) in [6, 6.07) is 4.81. The van der Waals surface area contributed by atoms with Crippen molar-refractivity contribution in [3.05, 3.63) is 29.6 Å². The molecule has 1 aliphatic rings. The predicted molar refractivity (Wildman–Crippen MR) is 66.0 cm³/mol. The minimum atomic E-state index is -1.05. The third kappa shape index (κ3) is 3.67. The summed E-state index contributed by atoms with van der Waals surface area (Å²) >= 11 is 0. The largest absolute Gasteiger partial charge is 0.550 e. The molecule has 2 rings (SSSR count). The van der Waals surface area contributed by atoms with E-state index in [0.717, 1.165) is 12.0 Å². The Bertz CT molecular complexity index is 464. The average molecular weight is 266 g/mol. The highest BCUT2D eigenvalue weighted by Crippen LogP contribution is 2.49. The van der Waals surface area contributed by atoms with Gasteiger partial charge < -0.3 is 20.4 Å². The van der Waals surface area contributed by atoms with Crippen LogP contribution in [0.15, 0.2) is 18.2 Å². The Balaban J connectivity index is 1.94. The van der Waals surface area contributed by atoms with Crippen molar-refractivity contribution in [2.24, 2.45) is 11.7 Å². The second kappa shape index (κ2) is 6.02. The molecule has 0 bridgehead atoms. The van der Waals surface area contributed by atoms with E-state index in [0.29, 0.717) is 19.6 Å². The van der Waals surface area contributed by atoms with Crippen LogP contribution in [0.25, 0.3) is 0 Å². The van der Waals surface area contributed by atoms with Crippen LogP contribution in [0.2, 0.25) is 0 Å². The maximum absolute atomic E-state index is 13.8. The van der Waals surface area contributed by atoms with Gasteiger partial charge in [0.2, 0.25) is 0 Å². The van der Waals surface area contributed by atoms with E-state index >= 15 is 0 Å². The van der Waals surface area contributed by atoms with E-state index in [1.165, 1.54) is 6.07 Å². The Labute approximate surface area is 111 Å². The lowest BCUT2D eigenvalue weighted by Gasteiger charge is -2.08. The Morgan fingerprint density at radius 1 is 1.53 bits per heavy atom. The third-order valence-electron chi connectivity index (χ3n) is 3.34. The Hall–Kier alpha value is -1.62. The molecule has 0 aliphatic heterocycles. The summed E-state index contributed by atoms with van der Waals surface area (Å²) in [6.07, 6.45) is 1.50. The fourth-order valence-corrected chi connectivity index (χ4v) is 2.23. The van der Waals surface area contributed by atoms with E-state index in [2.05, 4.69) is 0 Å². The molecule has 2 unspecified atom stereocenters. The number of hydrogen-bond donors (Lipinski definition) is 1. The first-order chi connectivity index (χ1) is 9.11. The first-order valence-corrected chi connectivity index (χ1v) is 6.44. The highest BCUT2D eigenvalue weighted by atomic mass is 19.1. The second-order valence-electron chi connectivity index (χ2n) is 4.86. The predicted octanol–water partition coefficient (Wildman–Crippen LogP) is 0.797. The van der Waals surface area contributed by atoms with Crippen LogP contribution < -0.4 is 15.6 Å². The second-order valence-corrected chi connectivity index (χ2v) is 4.86. The maximum Gasteiger partial charge on any atom is 0.165 e. The van der Waals surface area contributed by atoms with E-state index < -0.39 is 11.8 Å². The Morgan fingerprint density at radius 2 is 2.32 bits per heavy atom. The van der Waals surface area contributed by atoms with Gasteiger partial charge in [0.15, 0.2) is 11.6 Å². The van der Waals surface area contributed by atoms with Crippen molar-refractivity contribution in [2.75, 3.05) is 13.2 Å². The van der Waals surface area contributed by atoms with Crippen molar-refractivity contribution in [1.82, 2.24) is 0 Å². The van der Waals surface area contributed by atoms with Gasteiger partial charge in [-0.05, 0) is 55.3 Å². The third-order valence-corrected chi connectivity index (χ3v) is 3.34. The lowest BCUT2D eigenvalue weighted by Crippen LogP contribution is -2.22. The van der Waals surface area contributed by atoms with Crippen molar-refractivity contribution in [2.45, 2.75) is 25.2 Å². The fourth-order valence-electron chi connectivity index (χ4n) is 2.23. The first-order valence-electron chi connectivity index (χ1n) is 6.44. The lowest BCUT2D eigenvalue weighted by molar-refractivity contribution is -0.306. The molecule has 2 N–H and O–H groups in total. The SMILES string of the molecule is NCCCOc1ccc(C2CC2CC(=O)[O-])cc1F. The van der Waals surface area contributed by atoms with Crippen molar-refractivity contribution in [3.63, 3.8) is 0 Å². The molecular weight excluding hydrogens is 249 g/mol. The van der Waals surface area contributed by atoms with Gasteiger partial charge in [-0.15, -0.1) is 0 Å². The molecule has 2 atom stereocenters. The van der Waals surface area contributed by atoms with Crippen LogP contribution >= 0.6 is 0 Å². The smallest absolute Gasteiger partial charge is 0.165 e. The van der Waals surface area contributed by atoms with Crippen LogP contribution in [-0.4, -0.2) is 19.1 Å². The number of benzene rings is 1. The molecule has 1 saturated carbocycles. The first kappa shape index (κ1) is 13.8. The van der Waals surface area contributed by atoms with Crippen molar-refractivity contribution in [1.29, 1.82) is 0 Å². The summed E-state index contributed by atoms with van der Waals surface area (Å²) in [4.78, 5) is 10.5. The number of rotatable bonds is 7. The van der Waals surface area contributed by atoms with Crippen LogP contribution in [0, 0.1) is 11.7 Å².